The fraction of sp³-hybridized carbons (Fsp3) is 0.200. The zero-order valence-electron chi connectivity index (χ0n) is 11.1. The van der Waals surface area contributed by atoms with Crippen molar-refractivity contribution in [2.75, 3.05) is 14.2 Å². The number of rotatable bonds is 4. The van der Waals surface area contributed by atoms with Crippen molar-refractivity contribution in [1.82, 2.24) is 5.32 Å². The van der Waals surface area contributed by atoms with Crippen LogP contribution < -0.4 is 10.1 Å². The smallest absolute Gasteiger partial charge is 0.124 e. The average Bonchev–Trinajstić information content (AvgIpc) is 2.43. The zero-order valence-corrected chi connectivity index (χ0v) is 14.3. The zero-order chi connectivity index (χ0) is 14.7. The summed E-state index contributed by atoms with van der Waals surface area (Å²) < 4.78 is 20.1. The molecule has 0 amide bonds. The summed E-state index contributed by atoms with van der Waals surface area (Å²) in [7, 11) is 3.50. The van der Waals surface area contributed by atoms with Crippen molar-refractivity contribution >= 4 is 31.9 Å². The van der Waals surface area contributed by atoms with Crippen molar-refractivity contribution in [2.45, 2.75) is 6.04 Å². The fourth-order valence-corrected chi connectivity index (χ4v) is 3.25. The van der Waals surface area contributed by atoms with E-state index in [-0.39, 0.29) is 11.9 Å². The van der Waals surface area contributed by atoms with Crippen molar-refractivity contribution in [2.24, 2.45) is 0 Å². The Morgan fingerprint density at radius 3 is 2.15 bits per heavy atom. The van der Waals surface area contributed by atoms with Gasteiger partial charge in [-0.2, -0.15) is 0 Å². The van der Waals surface area contributed by atoms with Gasteiger partial charge in [0.25, 0.3) is 0 Å². The maximum Gasteiger partial charge on any atom is 0.124 e. The van der Waals surface area contributed by atoms with Gasteiger partial charge in [0.1, 0.15) is 11.6 Å². The highest BCUT2D eigenvalue weighted by Gasteiger charge is 2.18. The summed E-state index contributed by atoms with van der Waals surface area (Å²) in [6, 6.07) is 10.5. The van der Waals surface area contributed by atoms with Crippen LogP contribution in [-0.4, -0.2) is 14.2 Å². The van der Waals surface area contributed by atoms with Crippen LogP contribution in [0.4, 0.5) is 4.39 Å². The molecule has 1 N–H and O–H groups in total. The molecule has 2 nitrogen and oxygen atoms in total. The minimum absolute atomic E-state index is 0.0507. The Hall–Kier alpha value is -0.910. The normalized spacial score (nSPS) is 12.2. The molecule has 0 radical (unpaired) electrons. The summed E-state index contributed by atoms with van der Waals surface area (Å²) in [5.74, 6) is 0.526. The van der Waals surface area contributed by atoms with Crippen molar-refractivity contribution in [1.29, 1.82) is 0 Å². The van der Waals surface area contributed by atoms with Gasteiger partial charge in [-0.25, -0.2) is 4.39 Å². The summed E-state index contributed by atoms with van der Waals surface area (Å²) in [6.45, 7) is 0. The molecule has 0 aliphatic heterocycles. The Morgan fingerprint density at radius 2 is 1.65 bits per heavy atom. The topological polar surface area (TPSA) is 21.3 Å². The van der Waals surface area contributed by atoms with Gasteiger partial charge in [0, 0.05) is 8.95 Å². The van der Waals surface area contributed by atoms with E-state index in [1.54, 1.807) is 13.2 Å². The second kappa shape index (κ2) is 6.70. The van der Waals surface area contributed by atoms with Gasteiger partial charge in [0.05, 0.1) is 13.2 Å². The van der Waals surface area contributed by atoms with E-state index in [4.69, 9.17) is 4.74 Å². The van der Waals surface area contributed by atoms with E-state index in [1.807, 2.05) is 25.2 Å². The molecule has 106 valence electrons. The predicted molar refractivity (Wildman–Crippen MR) is 85.7 cm³/mol. The highest BCUT2D eigenvalue weighted by molar-refractivity contribution is 9.10. The quantitative estimate of drug-likeness (QED) is 0.802. The lowest BCUT2D eigenvalue weighted by atomic mass is 9.99. The third-order valence-electron chi connectivity index (χ3n) is 3.08. The van der Waals surface area contributed by atoms with Crippen LogP contribution in [0.2, 0.25) is 0 Å². The lowest BCUT2D eigenvalue weighted by molar-refractivity contribution is 0.414. The lowest BCUT2D eigenvalue weighted by Gasteiger charge is -2.20. The highest BCUT2D eigenvalue weighted by Crippen LogP contribution is 2.34. The van der Waals surface area contributed by atoms with Crippen LogP contribution in [0.15, 0.2) is 45.3 Å². The molecule has 0 aliphatic rings. The Bertz CT molecular complexity index is 619. The first-order valence-corrected chi connectivity index (χ1v) is 7.61. The second-order valence-electron chi connectivity index (χ2n) is 4.27. The molecule has 2 aromatic rings. The predicted octanol–water partition coefficient (Wildman–Crippen LogP) is 4.67. The molecular formula is C15H14Br2FNO. The third-order valence-corrected chi connectivity index (χ3v) is 4.45. The molecule has 5 heteroatoms. The molecule has 20 heavy (non-hydrogen) atoms. The van der Waals surface area contributed by atoms with Crippen molar-refractivity contribution in [3.05, 3.63) is 62.3 Å². The first kappa shape index (κ1) is 15.5. The van der Waals surface area contributed by atoms with Gasteiger partial charge in [-0.3, -0.25) is 0 Å². The van der Waals surface area contributed by atoms with Crippen LogP contribution >= 0.6 is 31.9 Å². The molecule has 0 aromatic heterocycles. The van der Waals surface area contributed by atoms with Crippen molar-refractivity contribution < 1.29 is 9.13 Å². The Morgan fingerprint density at radius 1 is 1.05 bits per heavy atom. The second-order valence-corrected chi connectivity index (χ2v) is 5.98. The molecule has 0 spiro atoms. The van der Waals surface area contributed by atoms with E-state index in [0.717, 1.165) is 25.8 Å². The van der Waals surface area contributed by atoms with E-state index in [2.05, 4.69) is 37.2 Å². The van der Waals surface area contributed by atoms with Gasteiger partial charge >= 0.3 is 0 Å². The number of halogens is 3. The van der Waals surface area contributed by atoms with Crippen molar-refractivity contribution in [3.8, 4) is 5.75 Å². The van der Waals surface area contributed by atoms with Crippen LogP contribution in [0.25, 0.3) is 0 Å². The first-order chi connectivity index (χ1) is 9.56. The van der Waals surface area contributed by atoms with E-state index < -0.39 is 0 Å². The Labute approximate surface area is 134 Å². The first-order valence-electron chi connectivity index (χ1n) is 6.02. The van der Waals surface area contributed by atoms with Gasteiger partial charge in [-0.15, -0.1) is 0 Å². The molecule has 0 heterocycles. The maximum atomic E-state index is 13.2. The number of ether oxygens (including phenoxy) is 1. The van der Waals surface area contributed by atoms with Crippen molar-refractivity contribution in [3.63, 3.8) is 0 Å². The summed E-state index contributed by atoms with van der Waals surface area (Å²) >= 11 is 6.97. The van der Waals surface area contributed by atoms with Gasteiger partial charge in [0.15, 0.2) is 0 Å². The lowest BCUT2D eigenvalue weighted by Crippen LogP contribution is -2.18. The van der Waals surface area contributed by atoms with Crippen LogP contribution in [-0.2, 0) is 0 Å². The van der Waals surface area contributed by atoms with E-state index in [0.29, 0.717) is 0 Å². The highest BCUT2D eigenvalue weighted by atomic mass is 79.9. The molecule has 0 fully saturated rings. The number of benzene rings is 2. The standard InChI is InChI=1S/C15H14Br2FNO/c1-19-15(11-5-3-9(18)7-13(11)16)12-6-4-10(20-2)8-14(12)17/h3-8,15,19H,1-2H3. The molecule has 0 saturated carbocycles. The minimum atomic E-state index is -0.260. The number of hydrogen-bond donors (Lipinski definition) is 1. The molecular weight excluding hydrogens is 389 g/mol. The third kappa shape index (κ3) is 3.22. The summed E-state index contributed by atoms with van der Waals surface area (Å²) in [5.41, 5.74) is 2.03. The largest absolute Gasteiger partial charge is 0.497 e. The van der Waals surface area contributed by atoms with Crippen LogP contribution in [0, 0.1) is 5.82 Å². The van der Waals surface area contributed by atoms with E-state index in [1.165, 1.54) is 12.1 Å². The fourth-order valence-electron chi connectivity index (χ4n) is 2.08. The van der Waals surface area contributed by atoms with Gasteiger partial charge in [-0.05, 0) is 42.4 Å². The molecule has 0 saturated heterocycles. The summed E-state index contributed by atoms with van der Waals surface area (Å²) in [5, 5.41) is 3.25. The monoisotopic (exact) mass is 401 g/mol. The average molecular weight is 403 g/mol. The van der Waals surface area contributed by atoms with E-state index >= 15 is 0 Å². The molecule has 1 atom stereocenters. The molecule has 1 unspecified atom stereocenters. The molecule has 2 aromatic carbocycles. The van der Waals surface area contributed by atoms with Gasteiger partial charge in [-0.1, -0.05) is 44.0 Å². The number of nitrogens with one attached hydrogen (secondary N) is 1. The van der Waals surface area contributed by atoms with E-state index in [9.17, 15) is 4.39 Å². The summed E-state index contributed by atoms with van der Waals surface area (Å²) in [4.78, 5) is 0. The number of methoxy groups -OCH3 is 1. The Balaban J connectivity index is 2.47. The molecule has 2 rings (SSSR count). The molecule has 0 bridgehead atoms. The van der Waals surface area contributed by atoms with Crippen LogP contribution in [0.3, 0.4) is 0 Å². The maximum absolute atomic E-state index is 13.2. The molecule has 0 aliphatic carbocycles. The summed E-state index contributed by atoms with van der Waals surface area (Å²) in [6.07, 6.45) is 0. The minimum Gasteiger partial charge on any atom is -0.497 e. The van der Waals surface area contributed by atoms with Crippen LogP contribution in [0.1, 0.15) is 17.2 Å². The van der Waals surface area contributed by atoms with Gasteiger partial charge in [0.2, 0.25) is 0 Å². The van der Waals surface area contributed by atoms with Gasteiger partial charge < -0.3 is 10.1 Å². The Kier molecular flexibility index (Phi) is 5.18. The number of hydrogen-bond acceptors (Lipinski definition) is 2. The van der Waals surface area contributed by atoms with Crippen LogP contribution in [0.5, 0.6) is 5.75 Å². The SMILES string of the molecule is CNC(c1ccc(F)cc1Br)c1ccc(OC)cc1Br.